The van der Waals surface area contributed by atoms with Crippen molar-refractivity contribution in [1.29, 1.82) is 0 Å². The van der Waals surface area contributed by atoms with Gasteiger partial charge in [-0.25, -0.2) is 0 Å². The number of hydrogen-bond donors (Lipinski definition) is 0. The molecule has 0 fully saturated rings. The lowest BCUT2D eigenvalue weighted by molar-refractivity contribution is -0.166. The van der Waals surface area contributed by atoms with Gasteiger partial charge in [0, 0.05) is 0 Å². The molecule has 0 aromatic heterocycles. The third-order valence-corrected chi connectivity index (χ3v) is 3.89. The molecule has 0 aliphatic carbocycles. The fourth-order valence-electron chi connectivity index (χ4n) is 1.40. The van der Waals surface area contributed by atoms with E-state index in [1.54, 1.807) is 55.4 Å². The number of halogens is 2. The van der Waals surface area contributed by atoms with Crippen molar-refractivity contribution in [2.24, 2.45) is 10.8 Å². The molecule has 0 aromatic carbocycles. The van der Waals surface area contributed by atoms with Gasteiger partial charge in [0.05, 0.1) is 10.8 Å². The summed E-state index contributed by atoms with van der Waals surface area (Å²) in [7, 11) is 0. The molecule has 0 aromatic rings. The number of alkyl halides is 2. The minimum absolute atomic E-state index is 0.0465. The maximum Gasteiger partial charge on any atom is 0.322 e. The van der Waals surface area contributed by atoms with E-state index in [9.17, 15) is 14.4 Å². The van der Waals surface area contributed by atoms with Crippen LogP contribution >= 0.6 is 31.9 Å². The van der Waals surface area contributed by atoms with Crippen molar-refractivity contribution in [1.82, 2.24) is 0 Å². The Kier molecular flexibility index (Phi) is 8.82. The van der Waals surface area contributed by atoms with Gasteiger partial charge in [0.15, 0.2) is 0 Å². The van der Waals surface area contributed by atoms with Crippen LogP contribution in [0.1, 0.15) is 55.4 Å². The van der Waals surface area contributed by atoms with E-state index in [-0.39, 0.29) is 25.8 Å². The average Bonchev–Trinajstić information content (AvgIpc) is 2.45. The summed E-state index contributed by atoms with van der Waals surface area (Å²) in [5, 5.41) is 0. The first-order valence-corrected chi connectivity index (χ1v) is 9.87. The molecule has 0 aliphatic heterocycles. The molecule has 0 N–H and O–H groups in total. The highest BCUT2D eigenvalue weighted by molar-refractivity contribution is 9.10. The van der Waals surface area contributed by atoms with E-state index in [1.165, 1.54) is 0 Å². The van der Waals surface area contributed by atoms with Gasteiger partial charge in [0.2, 0.25) is 0 Å². The van der Waals surface area contributed by atoms with Crippen LogP contribution in [0.25, 0.3) is 0 Å². The van der Waals surface area contributed by atoms with Crippen molar-refractivity contribution in [2.45, 2.75) is 64.0 Å². The molecule has 152 valence electrons. The SMILES string of the molecule is CC(COC(=O)C(C)(C)C)(COC(=O)C(C)(C)Br)COC(=O)C(C)(C)Br. The van der Waals surface area contributed by atoms with Crippen LogP contribution in [0.3, 0.4) is 0 Å². The summed E-state index contributed by atoms with van der Waals surface area (Å²) in [5.74, 6) is -1.31. The second-order valence-corrected chi connectivity index (χ2v) is 12.7. The third-order valence-electron chi connectivity index (χ3n) is 3.24. The lowest BCUT2D eigenvalue weighted by Gasteiger charge is -2.31. The number of carbonyl (C=O) groups is 3. The van der Waals surface area contributed by atoms with Crippen LogP contribution in [0, 0.1) is 10.8 Å². The Morgan fingerprint density at radius 1 is 0.615 bits per heavy atom. The zero-order valence-corrected chi connectivity index (χ0v) is 20.0. The quantitative estimate of drug-likeness (QED) is 0.284. The second-order valence-electron chi connectivity index (χ2n) is 8.73. The van der Waals surface area contributed by atoms with Crippen LogP contribution in [-0.4, -0.2) is 46.4 Å². The largest absolute Gasteiger partial charge is 0.464 e. The normalized spacial score (nSPS) is 13.2. The first-order valence-electron chi connectivity index (χ1n) is 8.28. The third kappa shape index (κ3) is 9.35. The molecule has 0 aliphatic rings. The Balaban J connectivity index is 5.10. The molecule has 0 heterocycles. The highest BCUT2D eigenvalue weighted by atomic mass is 79.9. The van der Waals surface area contributed by atoms with E-state index >= 15 is 0 Å². The van der Waals surface area contributed by atoms with Crippen molar-refractivity contribution in [3.8, 4) is 0 Å². The van der Waals surface area contributed by atoms with E-state index in [4.69, 9.17) is 14.2 Å². The lowest BCUT2D eigenvalue weighted by Crippen LogP contribution is -2.41. The van der Waals surface area contributed by atoms with Crippen molar-refractivity contribution in [3.63, 3.8) is 0 Å². The Bertz CT molecular complexity index is 449. The summed E-state index contributed by atoms with van der Waals surface area (Å²) < 4.78 is 14.3. The molecule has 0 unspecified atom stereocenters. The van der Waals surface area contributed by atoms with Crippen molar-refractivity contribution in [3.05, 3.63) is 0 Å². The molecule has 0 amide bonds. The molecule has 0 saturated carbocycles. The van der Waals surface area contributed by atoms with Crippen molar-refractivity contribution in [2.75, 3.05) is 19.8 Å². The average molecular weight is 502 g/mol. The Hall–Kier alpha value is -0.630. The highest BCUT2D eigenvalue weighted by Crippen LogP contribution is 2.26. The van der Waals surface area contributed by atoms with Gasteiger partial charge in [-0.1, -0.05) is 31.9 Å². The van der Waals surface area contributed by atoms with Gasteiger partial charge in [-0.05, 0) is 55.4 Å². The summed E-state index contributed by atoms with van der Waals surface area (Å²) >= 11 is 6.47. The van der Waals surface area contributed by atoms with E-state index < -0.39 is 31.4 Å². The van der Waals surface area contributed by atoms with E-state index in [1.807, 2.05) is 0 Å². The Labute approximate surface area is 173 Å². The summed E-state index contributed by atoms with van der Waals surface area (Å²) in [6.45, 7) is 13.5. The van der Waals surface area contributed by atoms with Gasteiger partial charge in [0.25, 0.3) is 0 Å². The van der Waals surface area contributed by atoms with E-state index in [0.717, 1.165) is 0 Å². The molecule has 0 atom stereocenters. The number of esters is 3. The minimum Gasteiger partial charge on any atom is -0.464 e. The molecule has 0 bridgehead atoms. The van der Waals surface area contributed by atoms with Crippen LogP contribution < -0.4 is 0 Å². The monoisotopic (exact) mass is 500 g/mol. The standard InChI is InChI=1S/C18H30Br2O6/c1-15(2,3)12(21)24-9-18(8,10-25-13(22)16(4,5)19)11-26-14(23)17(6,7)20/h9-11H2,1-8H3. The van der Waals surface area contributed by atoms with Crippen LogP contribution in [0.4, 0.5) is 0 Å². The smallest absolute Gasteiger partial charge is 0.322 e. The summed E-state index contributed by atoms with van der Waals surface area (Å²) in [6.07, 6.45) is 0. The maximum absolute atomic E-state index is 12.1. The lowest BCUT2D eigenvalue weighted by atomic mass is 9.93. The Morgan fingerprint density at radius 3 is 1.12 bits per heavy atom. The van der Waals surface area contributed by atoms with Crippen molar-refractivity contribution >= 4 is 49.8 Å². The van der Waals surface area contributed by atoms with Crippen LogP contribution in [0.5, 0.6) is 0 Å². The van der Waals surface area contributed by atoms with Crippen molar-refractivity contribution < 1.29 is 28.6 Å². The first-order chi connectivity index (χ1) is 11.4. The minimum atomic E-state index is -0.872. The predicted octanol–water partition coefficient (Wildman–Crippen LogP) is 4.02. The molecule has 0 spiro atoms. The number of carbonyl (C=O) groups excluding carboxylic acids is 3. The fraction of sp³-hybridized carbons (Fsp3) is 0.833. The Morgan fingerprint density at radius 2 is 0.885 bits per heavy atom. The second kappa shape index (κ2) is 9.04. The topological polar surface area (TPSA) is 78.9 Å². The summed E-state index contributed by atoms with van der Waals surface area (Å²) in [4.78, 5) is 36.1. The van der Waals surface area contributed by atoms with Crippen LogP contribution in [0.2, 0.25) is 0 Å². The number of ether oxygens (including phenoxy) is 3. The van der Waals surface area contributed by atoms with Crippen LogP contribution in [0.15, 0.2) is 0 Å². The maximum atomic E-state index is 12.1. The molecular weight excluding hydrogens is 472 g/mol. The fourth-order valence-corrected chi connectivity index (χ4v) is 1.63. The zero-order valence-electron chi connectivity index (χ0n) is 16.8. The van der Waals surface area contributed by atoms with E-state index in [2.05, 4.69) is 31.9 Å². The first kappa shape index (κ1) is 25.4. The van der Waals surface area contributed by atoms with Gasteiger partial charge in [-0.15, -0.1) is 0 Å². The molecular formula is C18H30Br2O6. The van der Waals surface area contributed by atoms with Gasteiger partial charge in [-0.3, -0.25) is 14.4 Å². The van der Waals surface area contributed by atoms with Gasteiger partial charge in [0.1, 0.15) is 28.5 Å². The van der Waals surface area contributed by atoms with Crippen LogP contribution in [-0.2, 0) is 28.6 Å². The predicted molar refractivity (Wildman–Crippen MR) is 106 cm³/mol. The number of rotatable bonds is 8. The molecule has 0 rings (SSSR count). The molecule has 26 heavy (non-hydrogen) atoms. The van der Waals surface area contributed by atoms with Gasteiger partial charge >= 0.3 is 17.9 Å². The molecule has 0 radical (unpaired) electrons. The highest BCUT2D eigenvalue weighted by Gasteiger charge is 2.36. The number of hydrogen-bond acceptors (Lipinski definition) is 6. The van der Waals surface area contributed by atoms with Gasteiger partial charge in [-0.2, -0.15) is 0 Å². The summed E-state index contributed by atoms with van der Waals surface area (Å²) in [5.41, 5.74) is -1.54. The molecule has 0 saturated heterocycles. The molecule has 8 heteroatoms. The van der Waals surface area contributed by atoms with Gasteiger partial charge < -0.3 is 14.2 Å². The summed E-state index contributed by atoms with van der Waals surface area (Å²) in [6, 6.07) is 0. The van der Waals surface area contributed by atoms with E-state index in [0.29, 0.717) is 0 Å². The molecule has 6 nitrogen and oxygen atoms in total. The zero-order chi connectivity index (χ0) is 21.0.